The maximum Gasteiger partial charge on any atom is 0.272 e. The van der Waals surface area contributed by atoms with Gasteiger partial charge in [0, 0.05) is 17.2 Å². The molecule has 0 heterocycles. The van der Waals surface area contributed by atoms with E-state index in [-0.39, 0.29) is 11.3 Å². The van der Waals surface area contributed by atoms with Crippen molar-refractivity contribution in [2.45, 2.75) is 6.92 Å². The van der Waals surface area contributed by atoms with Crippen LogP contribution in [0.2, 0.25) is 0 Å². The zero-order valence-electron chi connectivity index (χ0n) is 11.5. The van der Waals surface area contributed by atoms with E-state index in [1.165, 1.54) is 18.2 Å². The SMILES string of the molecule is Cc1ccc(/C=C/C(=O)c2ccc(F)c(F)c2)cc1[N+](=O)[O-]. The third kappa shape index (κ3) is 3.41. The molecule has 0 aliphatic rings. The lowest BCUT2D eigenvalue weighted by Gasteiger charge is -1.99. The summed E-state index contributed by atoms with van der Waals surface area (Å²) in [5.41, 5.74) is 0.918. The molecule has 2 aromatic rings. The number of rotatable bonds is 4. The van der Waals surface area contributed by atoms with E-state index in [9.17, 15) is 23.7 Å². The van der Waals surface area contributed by atoms with Crippen LogP contribution in [0.4, 0.5) is 14.5 Å². The van der Waals surface area contributed by atoms with Gasteiger partial charge in [0.1, 0.15) is 0 Å². The normalized spacial score (nSPS) is 10.9. The minimum Gasteiger partial charge on any atom is -0.289 e. The highest BCUT2D eigenvalue weighted by Crippen LogP contribution is 2.20. The Morgan fingerprint density at radius 3 is 2.50 bits per heavy atom. The second kappa shape index (κ2) is 6.26. The fourth-order valence-corrected chi connectivity index (χ4v) is 1.84. The number of nitro benzene ring substituents is 1. The highest BCUT2D eigenvalue weighted by atomic mass is 19.2. The summed E-state index contributed by atoms with van der Waals surface area (Å²) in [6, 6.07) is 7.37. The Bertz CT molecular complexity index is 785. The highest BCUT2D eigenvalue weighted by Gasteiger charge is 2.10. The van der Waals surface area contributed by atoms with E-state index in [0.29, 0.717) is 11.1 Å². The second-order valence-electron chi connectivity index (χ2n) is 4.63. The van der Waals surface area contributed by atoms with Gasteiger partial charge >= 0.3 is 0 Å². The average molecular weight is 303 g/mol. The quantitative estimate of drug-likeness (QED) is 0.370. The Hall–Kier alpha value is -2.89. The summed E-state index contributed by atoms with van der Waals surface area (Å²) < 4.78 is 25.9. The molecule has 4 nitrogen and oxygen atoms in total. The van der Waals surface area contributed by atoms with Crippen LogP contribution in [0.25, 0.3) is 6.08 Å². The van der Waals surface area contributed by atoms with E-state index in [0.717, 1.165) is 18.2 Å². The van der Waals surface area contributed by atoms with Crippen LogP contribution in [0, 0.1) is 28.7 Å². The summed E-state index contributed by atoms with van der Waals surface area (Å²) in [6.07, 6.45) is 2.54. The molecule has 0 atom stereocenters. The van der Waals surface area contributed by atoms with Crippen molar-refractivity contribution >= 4 is 17.5 Å². The van der Waals surface area contributed by atoms with Gasteiger partial charge in [0.05, 0.1) is 4.92 Å². The van der Waals surface area contributed by atoms with E-state index in [1.807, 2.05) is 0 Å². The molecule has 2 aromatic carbocycles. The van der Waals surface area contributed by atoms with Crippen LogP contribution in [-0.2, 0) is 0 Å². The van der Waals surface area contributed by atoms with Crippen LogP contribution < -0.4 is 0 Å². The van der Waals surface area contributed by atoms with Gasteiger partial charge in [-0.3, -0.25) is 14.9 Å². The molecule has 0 aliphatic heterocycles. The van der Waals surface area contributed by atoms with Crippen LogP contribution in [0.5, 0.6) is 0 Å². The molecule has 0 spiro atoms. The van der Waals surface area contributed by atoms with E-state index >= 15 is 0 Å². The first-order valence-electron chi connectivity index (χ1n) is 6.31. The number of allylic oxidation sites excluding steroid dienone is 1. The Kier molecular flexibility index (Phi) is 4.41. The number of benzene rings is 2. The Balaban J connectivity index is 2.24. The summed E-state index contributed by atoms with van der Waals surface area (Å²) >= 11 is 0. The minimum absolute atomic E-state index is 0.00300. The number of hydrogen-bond donors (Lipinski definition) is 0. The van der Waals surface area contributed by atoms with Crippen molar-refractivity contribution in [3.63, 3.8) is 0 Å². The van der Waals surface area contributed by atoms with Gasteiger partial charge in [0.2, 0.25) is 0 Å². The van der Waals surface area contributed by atoms with Gasteiger partial charge in [-0.2, -0.15) is 0 Å². The van der Waals surface area contributed by atoms with Crippen molar-refractivity contribution in [2.24, 2.45) is 0 Å². The number of carbonyl (C=O) groups is 1. The maximum atomic E-state index is 13.1. The van der Waals surface area contributed by atoms with Crippen molar-refractivity contribution in [1.82, 2.24) is 0 Å². The topological polar surface area (TPSA) is 60.2 Å². The van der Waals surface area contributed by atoms with E-state index in [1.54, 1.807) is 19.1 Å². The number of carbonyl (C=O) groups excluding carboxylic acids is 1. The first-order valence-corrected chi connectivity index (χ1v) is 6.31. The van der Waals surface area contributed by atoms with Gasteiger partial charge in [0.25, 0.3) is 5.69 Å². The predicted octanol–water partition coefficient (Wildman–Crippen LogP) is 4.08. The number of nitro groups is 1. The van der Waals surface area contributed by atoms with Gasteiger partial charge < -0.3 is 0 Å². The zero-order chi connectivity index (χ0) is 16.3. The lowest BCUT2D eigenvalue weighted by Crippen LogP contribution is -1.97. The summed E-state index contributed by atoms with van der Waals surface area (Å²) in [5.74, 6) is -2.66. The van der Waals surface area contributed by atoms with Crippen molar-refractivity contribution in [3.05, 3.63) is 80.9 Å². The largest absolute Gasteiger partial charge is 0.289 e. The van der Waals surface area contributed by atoms with E-state index in [2.05, 4.69) is 0 Å². The maximum absolute atomic E-state index is 13.1. The summed E-state index contributed by atoms with van der Waals surface area (Å²) in [7, 11) is 0. The average Bonchev–Trinajstić information content (AvgIpc) is 2.48. The molecular formula is C16H11F2NO3. The van der Waals surface area contributed by atoms with Gasteiger partial charge in [-0.25, -0.2) is 8.78 Å². The van der Waals surface area contributed by atoms with Gasteiger partial charge in [-0.05, 0) is 36.8 Å². The smallest absolute Gasteiger partial charge is 0.272 e. The predicted molar refractivity (Wildman–Crippen MR) is 77.6 cm³/mol. The second-order valence-corrected chi connectivity index (χ2v) is 4.63. The first kappa shape index (κ1) is 15.5. The monoisotopic (exact) mass is 303 g/mol. The Morgan fingerprint density at radius 1 is 1.14 bits per heavy atom. The molecule has 0 aromatic heterocycles. The molecular weight excluding hydrogens is 292 g/mol. The summed E-state index contributed by atoms with van der Waals surface area (Å²) in [4.78, 5) is 22.2. The standard InChI is InChI=1S/C16H11F2NO3/c1-10-2-3-11(8-15(10)19(21)22)4-7-16(20)12-5-6-13(17)14(18)9-12/h2-9H,1H3/b7-4+. The molecule has 112 valence electrons. The summed E-state index contributed by atoms with van der Waals surface area (Å²) in [5, 5.41) is 10.8. The third-order valence-electron chi connectivity index (χ3n) is 3.06. The summed E-state index contributed by atoms with van der Waals surface area (Å²) in [6.45, 7) is 1.61. The molecule has 0 amide bonds. The molecule has 0 saturated carbocycles. The zero-order valence-corrected chi connectivity index (χ0v) is 11.5. The molecule has 0 radical (unpaired) electrons. The lowest BCUT2D eigenvalue weighted by atomic mass is 10.1. The van der Waals surface area contributed by atoms with Crippen LogP contribution in [0.3, 0.4) is 0 Å². The van der Waals surface area contributed by atoms with Crippen molar-refractivity contribution in [3.8, 4) is 0 Å². The van der Waals surface area contributed by atoms with Crippen LogP contribution in [-0.4, -0.2) is 10.7 Å². The van der Waals surface area contributed by atoms with Crippen molar-refractivity contribution < 1.29 is 18.5 Å². The van der Waals surface area contributed by atoms with Gasteiger partial charge in [-0.1, -0.05) is 18.2 Å². The van der Waals surface area contributed by atoms with Crippen LogP contribution >= 0.6 is 0 Å². The first-order chi connectivity index (χ1) is 10.4. The highest BCUT2D eigenvalue weighted by molar-refractivity contribution is 6.06. The molecule has 0 N–H and O–H groups in total. The number of halogens is 2. The molecule has 2 rings (SSSR count). The van der Waals surface area contributed by atoms with Crippen LogP contribution in [0.15, 0.2) is 42.5 Å². The molecule has 22 heavy (non-hydrogen) atoms. The van der Waals surface area contributed by atoms with E-state index in [4.69, 9.17) is 0 Å². The number of nitrogens with zero attached hydrogens (tertiary/aromatic N) is 1. The van der Waals surface area contributed by atoms with Gasteiger partial charge in [-0.15, -0.1) is 0 Å². The molecule has 0 aliphatic carbocycles. The minimum atomic E-state index is -1.11. The Labute approximate surface area is 124 Å². The third-order valence-corrected chi connectivity index (χ3v) is 3.06. The fraction of sp³-hybridized carbons (Fsp3) is 0.0625. The van der Waals surface area contributed by atoms with Crippen molar-refractivity contribution in [1.29, 1.82) is 0 Å². The van der Waals surface area contributed by atoms with Gasteiger partial charge in [0.15, 0.2) is 17.4 Å². The lowest BCUT2D eigenvalue weighted by molar-refractivity contribution is -0.385. The number of aryl methyl sites for hydroxylation is 1. The molecule has 0 fully saturated rings. The molecule has 0 saturated heterocycles. The number of ketones is 1. The molecule has 6 heteroatoms. The molecule has 0 unspecified atom stereocenters. The van der Waals surface area contributed by atoms with E-state index < -0.39 is 22.3 Å². The van der Waals surface area contributed by atoms with Crippen LogP contribution in [0.1, 0.15) is 21.5 Å². The van der Waals surface area contributed by atoms with Crippen molar-refractivity contribution in [2.75, 3.05) is 0 Å². The Morgan fingerprint density at radius 2 is 1.86 bits per heavy atom. The number of hydrogen-bond acceptors (Lipinski definition) is 3. The molecule has 0 bridgehead atoms. The fourth-order valence-electron chi connectivity index (χ4n) is 1.84.